The Morgan fingerprint density at radius 2 is 1.90 bits per heavy atom. The van der Waals surface area contributed by atoms with Gasteiger partial charge >= 0.3 is 0 Å². The van der Waals surface area contributed by atoms with Gasteiger partial charge in [0.25, 0.3) is 0 Å². The van der Waals surface area contributed by atoms with Crippen LogP contribution in [0.1, 0.15) is 18.9 Å². The summed E-state index contributed by atoms with van der Waals surface area (Å²) in [5.74, 6) is -0.359. The van der Waals surface area contributed by atoms with E-state index in [-0.39, 0.29) is 10.8 Å². The predicted octanol–water partition coefficient (Wildman–Crippen LogP) is 0.815. The average molecular weight is 314 g/mol. The third-order valence-electron chi connectivity index (χ3n) is 2.88. The highest BCUT2D eigenvalue weighted by Gasteiger charge is 2.21. The van der Waals surface area contributed by atoms with Crippen molar-refractivity contribution >= 4 is 15.9 Å². The van der Waals surface area contributed by atoms with Gasteiger partial charge in [-0.1, -0.05) is 17.7 Å². The fourth-order valence-corrected chi connectivity index (χ4v) is 2.86. The van der Waals surface area contributed by atoms with Crippen molar-refractivity contribution in [3.63, 3.8) is 0 Å². The predicted molar refractivity (Wildman–Crippen MR) is 80.5 cm³/mol. The van der Waals surface area contributed by atoms with Gasteiger partial charge in [-0.05, 0) is 32.4 Å². The molecule has 118 valence electrons. The monoisotopic (exact) mass is 314 g/mol. The Hall–Kier alpha value is -1.44. The number of rotatable bonds is 8. The van der Waals surface area contributed by atoms with Gasteiger partial charge in [-0.15, -0.1) is 0 Å². The molecule has 1 amide bonds. The number of amides is 1. The van der Waals surface area contributed by atoms with E-state index in [0.717, 1.165) is 5.56 Å². The summed E-state index contributed by atoms with van der Waals surface area (Å²) in [5.41, 5.74) is 0.970. The number of carbonyl (C=O) groups is 1. The van der Waals surface area contributed by atoms with Gasteiger partial charge in [0.2, 0.25) is 15.9 Å². The highest BCUT2D eigenvalue weighted by atomic mass is 32.2. The van der Waals surface area contributed by atoms with Gasteiger partial charge < -0.3 is 10.1 Å². The maximum Gasteiger partial charge on any atom is 0.241 e. The molecule has 7 heteroatoms. The lowest BCUT2D eigenvalue weighted by atomic mass is 10.2. The van der Waals surface area contributed by atoms with Crippen LogP contribution >= 0.6 is 0 Å². The summed E-state index contributed by atoms with van der Waals surface area (Å²) in [7, 11) is -2.11. The Morgan fingerprint density at radius 3 is 2.48 bits per heavy atom. The number of hydrogen-bond acceptors (Lipinski definition) is 4. The Labute approximate surface area is 125 Å². The standard InChI is InChI=1S/C14H22N2O4S/c1-11-5-7-13(8-6-11)21(18,19)16-12(2)14(17)15-9-4-10-20-3/h5-8,12,16H,4,9-10H2,1-3H3,(H,15,17)/t12-/m0/s1. The number of sulfonamides is 1. The highest BCUT2D eigenvalue weighted by molar-refractivity contribution is 7.89. The third-order valence-corrected chi connectivity index (χ3v) is 4.44. The van der Waals surface area contributed by atoms with Crippen LogP contribution in [0.25, 0.3) is 0 Å². The molecule has 0 aliphatic carbocycles. The van der Waals surface area contributed by atoms with Gasteiger partial charge in [-0.3, -0.25) is 4.79 Å². The van der Waals surface area contributed by atoms with E-state index in [1.807, 2.05) is 6.92 Å². The van der Waals surface area contributed by atoms with Crippen molar-refractivity contribution in [2.24, 2.45) is 0 Å². The van der Waals surface area contributed by atoms with Gasteiger partial charge in [-0.25, -0.2) is 8.42 Å². The van der Waals surface area contributed by atoms with E-state index >= 15 is 0 Å². The molecule has 0 aromatic heterocycles. The van der Waals surface area contributed by atoms with Gasteiger partial charge in [0.05, 0.1) is 10.9 Å². The van der Waals surface area contributed by atoms with Crippen molar-refractivity contribution in [3.05, 3.63) is 29.8 Å². The molecule has 1 atom stereocenters. The summed E-state index contributed by atoms with van der Waals surface area (Å²) < 4.78 is 31.5. The highest BCUT2D eigenvalue weighted by Crippen LogP contribution is 2.10. The first kappa shape index (κ1) is 17.6. The first-order valence-electron chi connectivity index (χ1n) is 6.72. The summed E-state index contributed by atoms with van der Waals surface area (Å²) in [5, 5.41) is 2.65. The van der Waals surface area contributed by atoms with E-state index < -0.39 is 16.1 Å². The molecule has 0 unspecified atom stereocenters. The van der Waals surface area contributed by atoms with Crippen molar-refractivity contribution in [1.82, 2.24) is 10.0 Å². The van der Waals surface area contributed by atoms with Crippen LogP contribution in [0, 0.1) is 6.92 Å². The summed E-state index contributed by atoms with van der Waals surface area (Å²) in [4.78, 5) is 11.9. The van der Waals surface area contributed by atoms with E-state index in [0.29, 0.717) is 19.6 Å². The van der Waals surface area contributed by atoms with E-state index in [1.54, 1.807) is 19.2 Å². The normalized spacial score (nSPS) is 12.9. The largest absolute Gasteiger partial charge is 0.385 e. The van der Waals surface area contributed by atoms with Crippen LogP contribution in [0.4, 0.5) is 0 Å². The molecule has 0 saturated carbocycles. The Morgan fingerprint density at radius 1 is 1.29 bits per heavy atom. The van der Waals surface area contributed by atoms with Crippen molar-refractivity contribution in [3.8, 4) is 0 Å². The van der Waals surface area contributed by atoms with Crippen molar-refractivity contribution in [2.75, 3.05) is 20.3 Å². The second-order valence-electron chi connectivity index (χ2n) is 4.79. The lowest BCUT2D eigenvalue weighted by molar-refractivity contribution is -0.122. The zero-order valence-electron chi connectivity index (χ0n) is 12.5. The molecule has 0 saturated heterocycles. The van der Waals surface area contributed by atoms with Crippen LogP contribution in [-0.2, 0) is 19.6 Å². The molecule has 0 radical (unpaired) electrons. The number of methoxy groups -OCH3 is 1. The van der Waals surface area contributed by atoms with E-state index in [2.05, 4.69) is 10.0 Å². The molecular weight excluding hydrogens is 292 g/mol. The summed E-state index contributed by atoms with van der Waals surface area (Å²) in [6.45, 7) is 4.38. The maximum atomic E-state index is 12.1. The van der Waals surface area contributed by atoms with Crippen LogP contribution < -0.4 is 10.0 Å². The summed E-state index contributed by atoms with van der Waals surface area (Å²) in [6.07, 6.45) is 0.680. The lowest BCUT2D eigenvalue weighted by Crippen LogP contribution is -2.45. The molecule has 1 aromatic rings. The zero-order valence-corrected chi connectivity index (χ0v) is 13.4. The quantitative estimate of drug-likeness (QED) is 0.696. The molecular formula is C14H22N2O4S. The van der Waals surface area contributed by atoms with E-state index in [4.69, 9.17) is 4.74 Å². The Balaban J connectivity index is 2.58. The molecule has 1 aromatic carbocycles. The van der Waals surface area contributed by atoms with Gasteiger partial charge in [0.15, 0.2) is 0 Å². The Kier molecular flexibility index (Phi) is 6.80. The molecule has 0 aliphatic rings. The number of aryl methyl sites for hydroxylation is 1. The molecule has 0 aliphatic heterocycles. The number of nitrogens with one attached hydrogen (secondary N) is 2. The minimum atomic E-state index is -3.69. The van der Waals surface area contributed by atoms with Crippen molar-refractivity contribution in [2.45, 2.75) is 31.2 Å². The van der Waals surface area contributed by atoms with Crippen LogP contribution in [-0.4, -0.2) is 40.6 Å². The van der Waals surface area contributed by atoms with Gasteiger partial charge in [0.1, 0.15) is 0 Å². The van der Waals surface area contributed by atoms with Crippen LogP contribution in [0.3, 0.4) is 0 Å². The Bertz CT molecular complexity index is 555. The minimum absolute atomic E-state index is 0.145. The summed E-state index contributed by atoms with van der Waals surface area (Å²) >= 11 is 0. The molecule has 6 nitrogen and oxygen atoms in total. The molecule has 0 heterocycles. The molecule has 0 spiro atoms. The smallest absolute Gasteiger partial charge is 0.241 e. The number of benzene rings is 1. The fourth-order valence-electron chi connectivity index (χ4n) is 1.65. The fraction of sp³-hybridized carbons (Fsp3) is 0.500. The molecule has 2 N–H and O–H groups in total. The lowest BCUT2D eigenvalue weighted by Gasteiger charge is -2.14. The number of carbonyl (C=O) groups excluding carboxylic acids is 1. The molecule has 21 heavy (non-hydrogen) atoms. The van der Waals surface area contributed by atoms with E-state index in [1.165, 1.54) is 19.1 Å². The topological polar surface area (TPSA) is 84.5 Å². The van der Waals surface area contributed by atoms with Crippen LogP contribution in [0.15, 0.2) is 29.2 Å². The first-order valence-corrected chi connectivity index (χ1v) is 8.21. The van der Waals surface area contributed by atoms with Gasteiger partial charge in [0, 0.05) is 20.3 Å². The number of ether oxygens (including phenoxy) is 1. The minimum Gasteiger partial charge on any atom is -0.385 e. The molecule has 1 rings (SSSR count). The second-order valence-corrected chi connectivity index (χ2v) is 6.51. The zero-order chi connectivity index (χ0) is 15.9. The van der Waals surface area contributed by atoms with Crippen molar-refractivity contribution < 1.29 is 17.9 Å². The maximum absolute atomic E-state index is 12.1. The molecule has 0 bridgehead atoms. The second kappa shape index (κ2) is 8.11. The number of hydrogen-bond donors (Lipinski definition) is 2. The van der Waals surface area contributed by atoms with E-state index in [9.17, 15) is 13.2 Å². The average Bonchev–Trinajstić information content (AvgIpc) is 2.43. The van der Waals surface area contributed by atoms with Gasteiger partial charge in [-0.2, -0.15) is 4.72 Å². The van der Waals surface area contributed by atoms with Crippen LogP contribution in [0.5, 0.6) is 0 Å². The first-order chi connectivity index (χ1) is 9.86. The SMILES string of the molecule is COCCCNC(=O)[C@H](C)NS(=O)(=O)c1ccc(C)cc1. The third kappa shape index (κ3) is 5.82. The molecule has 0 fully saturated rings. The summed E-state index contributed by atoms with van der Waals surface area (Å²) in [6, 6.07) is 5.62. The van der Waals surface area contributed by atoms with Crippen LogP contribution in [0.2, 0.25) is 0 Å². The van der Waals surface area contributed by atoms with Crippen molar-refractivity contribution in [1.29, 1.82) is 0 Å².